The maximum Gasteiger partial charge on any atom is 0.325 e. The Labute approximate surface area is 141 Å². The fourth-order valence-corrected chi connectivity index (χ4v) is 4.52. The van der Waals surface area contributed by atoms with Crippen LogP contribution in [0.4, 0.5) is 10.5 Å². The topological polar surface area (TPSA) is 23.6 Å². The Kier molecular flexibility index (Phi) is 4.79. The molecule has 0 saturated carbocycles. The van der Waals surface area contributed by atoms with Gasteiger partial charge >= 0.3 is 6.03 Å². The largest absolute Gasteiger partial charge is 0.325 e. The zero-order valence-electron chi connectivity index (χ0n) is 15.9. The minimum absolute atomic E-state index is 0.135. The summed E-state index contributed by atoms with van der Waals surface area (Å²) in [5.74, 6) is 0.675. The smallest absolute Gasteiger partial charge is 0.312 e. The number of hydrogen-bond donors (Lipinski definition) is 0. The Hall–Kier alpha value is -1.51. The number of benzene rings is 1. The molecule has 0 atom stereocenters. The third-order valence-corrected chi connectivity index (χ3v) is 5.20. The molecule has 2 rings (SSSR count). The molecule has 3 heteroatoms. The van der Waals surface area contributed by atoms with Gasteiger partial charge in [-0.05, 0) is 45.6 Å². The maximum atomic E-state index is 13.4. The molecule has 0 unspecified atom stereocenters. The van der Waals surface area contributed by atoms with Crippen LogP contribution in [0.2, 0.25) is 0 Å². The van der Waals surface area contributed by atoms with Gasteiger partial charge in [-0.25, -0.2) is 4.79 Å². The van der Waals surface area contributed by atoms with Crippen LogP contribution in [-0.4, -0.2) is 23.0 Å². The van der Waals surface area contributed by atoms with Crippen LogP contribution in [0, 0.1) is 11.8 Å². The van der Waals surface area contributed by atoms with Gasteiger partial charge in [-0.3, -0.25) is 4.90 Å². The van der Waals surface area contributed by atoms with Gasteiger partial charge in [-0.15, -0.1) is 0 Å². The fourth-order valence-electron chi connectivity index (χ4n) is 4.52. The summed E-state index contributed by atoms with van der Waals surface area (Å²) >= 11 is 0. The lowest BCUT2D eigenvalue weighted by molar-refractivity contribution is 0.00642. The summed E-state index contributed by atoms with van der Waals surface area (Å²) in [4.78, 5) is 17.5. The molecule has 0 bridgehead atoms. The number of carbonyl (C=O) groups is 1. The predicted octanol–water partition coefficient (Wildman–Crippen LogP) is 5.25. The molecule has 128 valence electrons. The lowest BCUT2D eigenvalue weighted by Gasteiger charge is -2.58. The van der Waals surface area contributed by atoms with Crippen molar-refractivity contribution in [1.29, 1.82) is 0 Å². The van der Waals surface area contributed by atoms with E-state index >= 15 is 0 Å². The van der Waals surface area contributed by atoms with E-state index in [4.69, 9.17) is 0 Å². The Morgan fingerprint density at radius 3 is 1.78 bits per heavy atom. The summed E-state index contributed by atoms with van der Waals surface area (Å²) in [6, 6.07) is 8.89. The van der Waals surface area contributed by atoms with E-state index in [1.165, 1.54) is 5.56 Å². The number of carbonyl (C=O) groups excluding carboxylic acids is 1. The minimum Gasteiger partial charge on any atom is -0.312 e. The van der Waals surface area contributed by atoms with Crippen LogP contribution >= 0.6 is 0 Å². The van der Waals surface area contributed by atoms with Gasteiger partial charge in [-0.2, -0.15) is 0 Å². The van der Waals surface area contributed by atoms with Crippen molar-refractivity contribution in [2.75, 3.05) is 4.90 Å². The standard InChI is InChI=1S/C20H32N2O/c1-13(2)20(14(3)4)17-11-9-10-12-18(17)21(15(5)6)19(23)22(20)16(7)8/h9-16H,1-8H3. The van der Waals surface area contributed by atoms with E-state index in [2.05, 4.69) is 78.5 Å². The van der Waals surface area contributed by atoms with Crippen LogP contribution in [0.1, 0.15) is 61.0 Å². The van der Waals surface area contributed by atoms with Gasteiger partial charge in [0, 0.05) is 17.6 Å². The summed E-state index contributed by atoms with van der Waals surface area (Å²) in [5, 5.41) is 0. The second-order valence-electron chi connectivity index (χ2n) is 7.86. The minimum atomic E-state index is -0.271. The molecule has 2 amide bonds. The van der Waals surface area contributed by atoms with Crippen LogP contribution in [0.25, 0.3) is 0 Å². The number of urea groups is 1. The number of rotatable bonds is 4. The van der Waals surface area contributed by atoms with Crippen LogP contribution in [0.3, 0.4) is 0 Å². The molecular weight excluding hydrogens is 284 g/mol. The first-order chi connectivity index (χ1) is 10.7. The summed E-state index contributed by atoms with van der Waals surface area (Å²) in [6.07, 6.45) is 0. The van der Waals surface area contributed by atoms with Crippen molar-refractivity contribution in [2.24, 2.45) is 11.8 Å². The molecule has 0 fully saturated rings. The van der Waals surface area contributed by atoms with E-state index < -0.39 is 0 Å². The second-order valence-corrected chi connectivity index (χ2v) is 7.86. The average Bonchev–Trinajstić information content (AvgIpc) is 2.43. The van der Waals surface area contributed by atoms with Crippen molar-refractivity contribution in [2.45, 2.75) is 73.0 Å². The Morgan fingerprint density at radius 2 is 1.35 bits per heavy atom. The number of nitrogens with zero attached hydrogens (tertiary/aromatic N) is 2. The zero-order valence-corrected chi connectivity index (χ0v) is 15.9. The van der Waals surface area contributed by atoms with Crippen LogP contribution in [-0.2, 0) is 5.54 Å². The first-order valence-electron chi connectivity index (χ1n) is 8.89. The van der Waals surface area contributed by atoms with Crippen molar-refractivity contribution >= 4 is 11.7 Å². The fraction of sp³-hybridized carbons (Fsp3) is 0.650. The van der Waals surface area contributed by atoms with E-state index in [1.807, 2.05) is 11.0 Å². The van der Waals surface area contributed by atoms with Crippen molar-refractivity contribution in [3.63, 3.8) is 0 Å². The van der Waals surface area contributed by atoms with Crippen molar-refractivity contribution in [3.05, 3.63) is 29.8 Å². The number of hydrogen-bond acceptors (Lipinski definition) is 1. The van der Waals surface area contributed by atoms with E-state index in [0.29, 0.717) is 11.8 Å². The van der Waals surface area contributed by atoms with Gasteiger partial charge in [-0.1, -0.05) is 45.9 Å². The molecule has 0 N–H and O–H groups in total. The zero-order chi connectivity index (χ0) is 17.5. The molecule has 0 spiro atoms. The Bertz CT molecular complexity index is 567. The highest BCUT2D eigenvalue weighted by atomic mass is 16.2. The molecule has 3 nitrogen and oxygen atoms in total. The highest BCUT2D eigenvalue weighted by Crippen LogP contribution is 2.51. The van der Waals surface area contributed by atoms with Gasteiger partial charge in [0.15, 0.2) is 0 Å². The van der Waals surface area contributed by atoms with Crippen LogP contribution < -0.4 is 4.90 Å². The van der Waals surface area contributed by atoms with Crippen molar-refractivity contribution in [1.82, 2.24) is 4.90 Å². The molecule has 0 aliphatic carbocycles. The van der Waals surface area contributed by atoms with Gasteiger partial charge in [0.2, 0.25) is 0 Å². The number of fused-ring (bicyclic) bond motifs is 1. The van der Waals surface area contributed by atoms with Gasteiger partial charge in [0.05, 0.1) is 11.2 Å². The van der Waals surface area contributed by atoms with E-state index in [-0.39, 0.29) is 23.7 Å². The molecule has 0 aromatic heterocycles. The third-order valence-electron chi connectivity index (χ3n) is 5.20. The third kappa shape index (κ3) is 2.45. The predicted molar refractivity (Wildman–Crippen MR) is 97.8 cm³/mol. The highest BCUT2D eigenvalue weighted by Gasteiger charge is 2.53. The molecule has 1 aliphatic rings. The number of para-hydroxylation sites is 1. The van der Waals surface area contributed by atoms with Gasteiger partial charge < -0.3 is 4.90 Å². The van der Waals surface area contributed by atoms with E-state index in [9.17, 15) is 4.79 Å². The normalized spacial score (nSPS) is 17.7. The molecule has 0 radical (unpaired) electrons. The molecule has 23 heavy (non-hydrogen) atoms. The Balaban J connectivity index is 2.86. The van der Waals surface area contributed by atoms with E-state index in [1.54, 1.807) is 0 Å². The highest BCUT2D eigenvalue weighted by molar-refractivity contribution is 5.97. The number of anilines is 1. The van der Waals surface area contributed by atoms with Crippen molar-refractivity contribution < 1.29 is 4.79 Å². The van der Waals surface area contributed by atoms with Crippen molar-refractivity contribution in [3.8, 4) is 0 Å². The van der Waals surface area contributed by atoms with Gasteiger partial charge in [0.25, 0.3) is 0 Å². The first-order valence-corrected chi connectivity index (χ1v) is 8.89. The van der Waals surface area contributed by atoms with Crippen LogP contribution in [0.15, 0.2) is 24.3 Å². The first kappa shape index (κ1) is 17.8. The summed E-state index contributed by atoms with van der Waals surface area (Å²) in [5.41, 5.74) is 2.09. The summed E-state index contributed by atoms with van der Waals surface area (Å²) in [6.45, 7) is 17.4. The maximum absolute atomic E-state index is 13.4. The second kappa shape index (κ2) is 6.18. The summed E-state index contributed by atoms with van der Waals surface area (Å²) < 4.78 is 0. The lowest BCUT2D eigenvalue weighted by atomic mass is 9.68. The molecule has 1 aromatic carbocycles. The summed E-state index contributed by atoms with van der Waals surface area (Å²) in [7, 11) is 0. The molecule has 0 saturated heterocycles. The number of amides is 2. The lowest BCUT2D eigenvalue weighted by Crippen LogP contribution is -2.66. The molecular formula is C20H32N2O. The molecule has 1 aliphatic heterocycles. The Morgan fingerprint density at radius 1 is 0.826 bits per heavy atom. The van der Waals surface area contributed by atoms with Crippen LogP contribution in [0.5, 0.6) is 0 Å². The van der Waals surface area contributed by atoms with Gasteiger partial charge in [0.1, 0.15) is 0 Å². The molecule has 1 aromatic rings. The SMILES string of the molecule is CC(C)N1C(=O)N(C(C)C)C(C(C)C)(C(C)C)c2ccccc21. The molecule has 1 heterocycles. The monoisotopic (exact) mass is 316 g/mol. The average molecular weight is 316 g/mol. The van der Waals surface area contributed by atoms with E-state index in [0.717, 1.165) is 5.69 Å². The quantitative estimate of drug-likeness (QED) is 0.744.